The zero-order chi connectivity index (χ0) is 16.8. The van der Waals surface area contributed by atoms with Crippen molar-refractivity contribution in [2.75, 3.05) is 18.0 Å². The molecule has 4 rings (SSSR count). The van der Waals surface area contributed by atoms with Crippen LogP contribution in [0.25, 0.3) is 11.0 Å². The van der Waals surface area contributed by atoms with Gasteiger partial charge in [-0.1, -0.05) is 0 Å². The monoisotopic (exact) mass is 327 g/mol. The second kappa shape index (κ2) is 5.65. The molecule has 0 saturated carbocycles. The van der Waals surface area contributed by atoms with Crippen molar-refractivity contribution in [2.45, 2.75) is 45.6 Å². The Morgan fingerprint density at radius 3 is 2.71 bits per heavy atom. The minimum absolute atomic E-state index is 0.0215. The number of hydrogen-bond acceptors (Lipinski definition) is 5. The van der Waals surface area contributed by atoms with Gasteiger partial charge in [0.15, 0.2) is 0 Å². The predicted molar refractivity (Wildman–Crippen MR) is 91.9 cm³/mol. The van der Waals surface area contributed by atoms with E-state index in [1.807, 2.05) is 0 Å². The number of carbonyl (C=O) groups is 1. The van der Waals surface area contributed by atoms with E-state index in [1.165, 1.54) is 11.3 Å². The van der Waals surface area contributed by atoms with E-state index in [2.05, 4.69) is 11.0 Å². The molecule has 0 spiro atoms. The number of esters is 1. The molecular weight excluding hydrogens is 306 g/mol. The Morgan fingerprint density at radius 2 is 1.96 bits per heavy atom. The van der Waals surface area contributed by atoms with Crippen LogP contribution in [0.15, 0.2) is 21.3 Å². The highest BCUT2D eigenvalue weighted by Crippen LogP contribution is 2.39. The van der Waals surface area contributed by atoms with E-state index in [0.717, 1.165) is 49.7 Å². The number of hydrogen-bond donors (Lipinski definition) is 0. The van der Waals surface area contributed by atoms with Crippen LogP contribution < -0.4 is 10.5 Å². The van der Waals surface area contributed by atoms with Crippen molar-refractivity contribution in [1.82, 2.24) is 0 Å². The Hall–Kier alpha value is -2.30. The van der Waals surface area contributed by atoms with Crippen molar-refractivity contribution in [2.24, 2.45) is 0 Å². The molecule has 2 aromatic rings. The summed E-state index contributed by atoms with van der Waals surface area (Å²) in [5, 5.41) is 0.822. The third-order valence-corrected chi connectivity index (χ3v) is 4.78. The second-order valence-electron chi connectivity index (χ2n) is 6.88. The molecule has 0 bridgehead atoms. The minimum atomic E-state index is -0.617. The van der Waals surface area contributed by atoms with Gasteiger partial charge in [0.2, 0.25) is 0 Å². The van der Waals surface area contributed by atoms with Crippen molar-refractivity contribution >= 4 is 22.6 Å². The van der Waals surface area contributed by atoms with E-state index >= 15 is 0 Å². The number of anilines is 1. The molecule has 0 aliphatic carbocycles. The molecule has 1 aromatic heterocycles. The molecule has 0 unspecified atom stereocenters. The number of aryl methyl sites for hydroxylation is 2. The van der Waals surface area contributed by atoms with Crippen molar-refractivity contribution in [1.29, 1.82) is 0 Å². The van der Waals surface area contributed by atoms with Crippen LogP contribution in [0.2, 0.25) is 0 Å². The second-order valence-corrected chi connectivity index (χ2v) is 6.88. The Kier molecular flexibility index (Phi) is 3.59. The third kappa shape index (κ3) is 2.39. The summed E-state index contributed by atoms with van der Waals surface area (Å²) in [6.45, 7) is 5.65. The van der Waals surface area contributed by atoms with Gasteiger partial charge in [-0.25, -0.2) is 9.59 Å². The van der Waals surface area contributed by atoms with Crippen molar-refractivity contribution < 1.29 is 13.9 Å². The largest absolute Gasteiger partial charge is 0.459 e. The van der Waals surface area contributed by atoms with Gasteiger partial charge >= 0.3 is 11.6 Å². The molecular formula is C19H21NO4. The van der Waals surface area contributed by atoms with E-state index in [9.17, 15) is 9.59 Å². The molecule has 24 heavy (non-hydrogen) atoms. The maximum atomic E-state index is 12.3. The summed E-state index contributed by atoms with van der Waals surface area (Å²) in [6.07, 6.45) is 3.86. The van der Waals surface area contributed by atoms with Gasteiger partial charge in [-0.15, -0.1) is 0 Å². The van der Waals surface area contributed by atoms with Crippen LogP contribution in [-0.2, 0) is 17.6 Å². The summed E-state index contributed by atoms with van der Waals surface area (Å²) in [5.41, 5.74) is 3.66. The van der Waals surface area contributed by atoms with Gasteiger partial charge in [-0.3, -0.25) is 0 Å². The van der Waals surface area contributed by atoms with Crippen LogP contribution in [0.3, 0.4) is 0 Å². The summed E-state index contributed by atoms with van der Waals surface area (Å²) >= 11 is 0. The van der Waals surface area contributed by atoms with Gasteiger partial charge in [0.05, 0.1) is 6.10 Å². The fourth-order valence-electron chi connectivity index (χ4n) is 3.87. The summed E-state index contributed by atoms with van der Waals surface area (Å²) in [6, 6.07) is 3.71. The fraction of sp³-hybridized carbons (Fsp3) is 0.474. The third-order valence-electron chi connectivity index (χ3n) is 4.78. The van der Waals surface area contributed by atoms with Gasteiger partial charge in [-0.05, 0) is 57.2 Å². The highest BCUT2D eigenvalue weighted by Gasteiger charge is 2.27. The molecule has 5 nitrogen and oxygen atoms in total. The maximum Gasteiger partial charge on any atom is 0.351 e. The van der Waals surface area contributed by atoms with E-state index in [1.54, 1.807) is 19.9 Å². The lowest BCUT2D eigenvalue weighted by molar-refractivity contribution is 0.0373. The quantitative estimate of drug-likeness (QED) is 0.627. The highest BCUT2D eigenvalue weighted by atomic mass is 16.5. The average Bonchev–Trinajstić information content (AvgIpc) is 2.55. The first-order valence-electron chi connectivity index (χ1n) is 8.63. The lowest BCUT2D eigenvalue weighted by Crippen LogP contribution is -2.34. The van der Waals surface area contributed by atoms with Crippen LogP contribution >= 0.6 is 0 Å². The number of fused-ring (bicyclic) bond motifs is 2. The molecule has 5 heteroatoms. The molecule has 126 valence electrons. The Bertz CT molecular complexity index is 879. The maximum absolute atomic E-state index is 12.3. The molecule has 0 amide bonds. The van der Waals surface area contributed by atoms with Gasteiger partial charge in [0.1, 0.15) is 11.1 Å². The molecule has 0 radical (unpaired) electrons. The fourth-order valence-corrected chi connectivity index (χ4v) is 3.87. The molecule has 2 aliphatic rings. The molecule has 0 fully saturated rings. The molecule has 0 saturated heterocycles. The number of ether oxygens (including phenoxy) is 1. The highest BCUT2D eigenvalue weighted by molar-refractivity contribution is 5.95. The summed E-state index contributed by atoms with van der Waals surface area (Å²) in [4.78, 5) is 26.8. The Balaban J connectivity index is 1.91. The first kappa shape index (κ1) is 15.2. The van der Waals surface area contributed by atoms with Gasteiger partial charge in [0, 0.05) is 29.7 Å². The number of rotatable bonds is 2. The summed E-state index contributed by atoms with van der Waals surface area (Å²) in [7, 11) is 0. The molecule has 3 heterocycles. The summed E-state index contributed by atoms with van der Waals surface area (Å²) in [5.74, 6) is -0.617. The average molecular weight is 327 g/mol. The molecule has 2 aliphatic heterocycles. The lowest BCUT2D eigenvalue weighted by Gasteiger charge is -2.37. The first-order valence-corrected chi connectivity index (χ1v) is 8.63. The van der Waals surface area contributed by atoms with Gasteiger partial charge in [0.25, 0.3) is 0 Å². The number of benzene rings is 1. The topological polar surface area (TPSA) is 59.8 Å². The van der Waals surface area contributed by atoms with Gasteiger partial charge < -0.3 is 14.1 Å². The van der Waals surface area contributed by atoms with Crippen LogP contribution in [0.4, 0.5) is 5.69 Å². The van der Waals surface area contributed by atoms with Crippen molar-refractivity contribution in [3.63, 3.8) is 0 Å². The standard InChI is InChI=1S/C19H21NO4/c1-11(2)23-18(21)15-10-13-9-12-5-3-7-20-8-4-6-14(16(12)20)17(13)24-19(15)22/h9-11H,3-8H2,1-2H3. The van der Waals surface area contributed by atoms with Crippen LogP contribution in [-0.4, -0.2) is 25.2 Å². The molecule has 0 N–H and O–H groups in total. The smallest absolute Gasteiger partial charge is 0.351 e. The number of nitrogens with zero attached hydrogens (tertiary/aromatic N) is 1. The SMILES string of the molecule is CC(C)OC(=O)c1cc2cc3c4c(c2oc1=O)CCCN4CCC3. The zero-order valence-electron chi connectivity index (χ0n) is 14.1. The van der Waals surface area contributed by atoms with E-state index in [0.29, 0.717) is 5.58 Å². The van der Waals surface area contributed by atoms with Crippen molar-refractivity contribution in [3.05, 3.63) is 39.2 Å². The normalized spacial score (nSPS) is 16.4. The molecule has 1 aromatic carbocycles. The first-order chi connectivity index (χ1) is 11.5. The number of carbonyl (C=O) groups excluding carboxylic acids is 1. The Morgan fingerprint density at radius 1 is 1.21 bits per heavy atom. The summed E-state index contributed by atoms with van der Waals surface area (Å²) < 4.78 is 10.7. The van der Waals surface area contributed by atoms with Gasteiger partial charge in [-0.2, -0.15) is 0 Å². The van der Waals surface area contributed by atoms with Crippen LogP contribution in [0.5, 0.6) is 0 Å². The molecule has 0 atom stereocenters. The zero-order valence-corrected chi connectivity index (χ0v) is 14.1. The van der Waals surface area contributed by atoms with Crippen molar-refractivity contribution in [3.8, 4) is 0 Å². The Labute approximate surface area is 140 Å². The predicted octanol–water partition coefficient (Wildman–Crippen LogP) is 3.06. The van der Waals surface area contributed by atoms with E-state index in [4.69, 9.17) is 9.15 Å². The van der Waals surface area contributed by atoms with E-state index in [-0.39, 0.29) is 11.7 Å². The van der Waals surface area contributed by atoms with E-state index < -0.39 is 11.6 Å². The van der Waals surface area contributed by atoms with Crippen LogP contribution in [0.1, 0.15) is 48.2 Å². The lowest BCUT2D eigenvalue weighted by atomic mass is 9.90. The minimum Gasteiger partial charge on any atom is -0.459 e. The van der Waals surface area contributed by atoms with Crippen LogP contribution in [0, 0.1) is 0 Å².